The zero-order valence-electron chi connectivity index (χ0n) is 16.3. The van der Waals surface area contributed by atoms with Crippen molar-refractivity contribution in [2.24, 2.45) is 0 Å². The van der Waals surface area contributed by atoms with Crippen LogP contribution in [0.25, 0.3) is 0 Å². The molecule has 0 amide bonds. The number of ether oxygens (including phenoxy) is 3. The van der Waals surface area contributed by atoms with Crippen LogP contribution in [0.15, 0.2) is 60.8 Å². The first kappa shape index (κ1) is 19.9. The molecule has 0 unspecified atom stereocenters. The van der Waals surface area contributed by atoms with Gasteiger partial charge in [-0.25, -0.2) is 13.6 Å². The van der Waals surface area contributed by atoms with Crippen molar-refractivity contribution in [3.63, 3.8) is 0 Å². The molecule has 1 heterocycles. The number of aromatic nitrogens is 2. The van der Waals surface area contributed by atoms with Crippen LogP contribution in [-0.2, 0) is 29.0 Å². The van der Waals surface area contributed by atoms with Crippen LogP contribution < -0.4 is 4.74 Å². The molecule has 0 saturated heterocycles. The van der Waals surface area contributed by atoms with E-state index in [9.17, 15) is 13.6 Å². The summed E-state index contributed by atoms with van der Waals surface area (Å²) in [6.07, 6.45) is -2.09. The zero-order valence-corrected chi connectivity index (χ0v) is 16.3. The van der Waals surface area contributed by atoms with Gasteiger partial charge in [0.25, 0.3) is 5.92 Å². The molecule has 0 fully saturated rings. The molecule has 0 spiro atoms. The van der Waals surface area contributed by atoms with Crippen molar-refractivity contribution < 1.29 is 27.8 Å². The standard InChI is InChI=1S/C22H20F2N2O4/c1-28-17-9-7-15(8-10-17)13-26-19-11-22(23,24)20(18(19)12-25-26)30-21(27)29-14-16-5-3-2-4-6-16/h2-10,12,20H,11,13-14H2,1H3/t20-/m0/s1. The number of benzene rings is 2. The van der Waals surface area contributed by atoms with Crippen LogP contribution in [0.2, 0.25) is 0 Å². The predicted octanol–water partition coefficient (Wildman–Crippen LogP) is 4.53. The van der Waals surface area contributed by atoms with E-state index in [0.29, 0.717) is 18.0 Å². The SMILES string of the molecule is COc1ccc(Cn2ncc3c2CC(F)(F)[C@H]3OC(=O)OCc2ccccc2)cc1. The molecule has 0 N–H and O–H groups in total. The lowest BCUT2D eigenvalue weighted by molar-refractivity contribution is -0.116. The number of hydrogen-bond acceptors (Lipinski definition) is 5. The number of nitrogens with zero attached hydrogens (tertiary/aromatic N) is 2. The molecule has 0 aliphatic heterocycles. The van der Waals surface area contributed by atoms with E-state index in [1.807, 2.05) is 18.2 Å². The lowest BCUT2D eigenvalue weighted by atomic mass is 10.2. The first-order valence-corrected chi connectivity index (χ1v) is 9.39. The number of carbonyl (C=O) groups is 1. The van der Waals surface area contributed by atoms with Crippen molar-refractivity contribution in [3.05, 3.63) is 83.2 Å². The molecule has 156 valence electrons. The first-order chi connectivity index (χ1) is 14.5. The molecule has 1 aliphatic rings. The summed E-state index contributed by atoms with van der Waals surface area (Å²) in [5.41, 5.74) is 2.17. The second kappa shape index (κ2) is 8.14. The minimum absolute atomic E-state index is 0.0540. The van der Waals surface area contributed by atoms with E-state index >= 15 is 0 Å². The number of fused-ring (bicyclic) bond motifs is 1. The Balaban J connectivity index is 1.45. The molecular weight excluding hydrogens is 394 g/mol. The highest BCUT2D eigenvalue weighted by Crippen LogP contribution is 2.45. The van der Waals surface area contributed by atoms with Crippen molar-refractivity contribution >= 4 is 6.16 Å². The van der Waals surface area contributed by atoms with Crippen molar-refractivity contribution in [1.82, 2.24) is 9.78 Å². The Bertz CT molecular complexity index is 1020. The van der Waals surface area contributed by atoms with Crippen LogP contribution in [0, 0.1) is 0 Å². The maximum atomic E-state index is 14.6. The Labute approximate surface area is 172 Å². The molecule has 1 aliphatic carbocycles. The van der Waals surface area contributed by atoms with Gasteiger partial charge >= 0.3 is 6.16 Å². The normalized spacial score (nSPS) is 16.7. The van der Waals surface area contributed by atoms with Crippen LogP contribution in [-0.4, -0.2) is 29.0 Å². The van der Waals surface area contributed by atoms with Gasteiger partial charge in [0, 0.05) is 5.56 Å². The van der Waals surface area contributed by atoms with Crippen molar-refractivity contribution in [2.45, 2.75) is 31.6 Å². The fourth-order valence-corrected chi connectivity index (χ4v) is 3.42. The van der Waals surface area contributed by atoms with Gasteiger partial charge in [0.1, 0.15) is 12.4 Å². The molecule has 6 nitrogen and oxygen atoms in total. The van der Waals surface area contributed by atoms with Gasteiger partial charge in [-0.1, -0.05) is 42.5 Å². The largest absolute Gasteiger partial charge is 0.509 e. The summed E-state index contributed by atoms with van der Waals surface area (Å²) < 4.78 is 45.8. The Morgan fingerprint density at radius 2 is 1.87 bits per heavy atom. The van der Waals surface area contributed by atoms with E-state index in [2.05, 4.69) is 5.10 Å². The fourth-order valence-electron chi connectivity index (χ4n) is 3.42. The summed E-state index contributed by atoms with van der Waals surface area (Å²) in [6, 6.07) is 16.2. The minimum atomic E-state index is -3.24. The van der Waals surface area contributed by atoms with Gasteiger partial charge in [-0.05, 0) is 23.3 Å². The van der Waals surface area contributed by atoms with Crippen LogP contribution in [0.1, 0.15) is 28.5 Å². The summed E-state index contributed by atoms with van der Waals surface area (Å²) >= 11 is 0. The monoisotopic (exact) mass is 414 g/mol. The van der Waals surface area contributed by atoms with E-state index in [0.717, 1.165) is 11.1 Å². The summed E-state index contributed by atoms with van der Waals surface area (Å²) in [7, 11) is 1.57. The van der Waals surface area contributed by atoms with Gasteiger partial charge in [0.2, 0.25) is 0 Å². The van der Waals surface area contributed by atoms with Gasteiger partial charge in [-0.15, -0.1) is 0 Å². The smallest absolute Gasteiger partial charge is 0.497 e. The fraction of sp³-hybridized carbons (Fsp3) is 0.273. The molecule has 0 saturated carbocycles. The quantitative estimate of drug-likeness (QED) is 0.555. The first-order valence-electron chi connectivity index (χ1n) is 9.39. The third kappa shape index (κ3) is 4.12. The zero-order chi connectivity index (χ0) is 21.1. The Hall–Kier alpha value is -3.42. The Kier molecular flexibility index (Phi) is 5.39. The van der Waals surface area contributed by atoms with E-state index in [1.165, 1.54) is 10.9 Å². The molecule has 0 bridgehead atoms. The topological polar surface area (TPSA) is 62.6 Å². The number of methoxy groups -OCH3 is 1. The third-order valence-corrected chi connectivity index (χ3v) is 4.96. The lowest BCUT2D eigenvalue weighted by Gasteiger charge is -2.19. The van der Waals surface area contributed by atoms with Crippen molar-refractivity contribution in [1.29, 1.82) is 0 Å². The van der Waals surface area contributed by atoms with Gasteiger partial charge in [-0.3, -0.25) is 4.68 Å². The lowest BCUT2D eigenvalue weighted by Crippen LogP contribution is -2.27. The molecule has 0 radical (unpaired) electrons. The van der Waals surface area contributed by atoms with E-state index in [-0.39, 0.29) is 12.2 Å². The summed E-state index contributed by atoms with van der Waals surface area (Å²) in [5, 5.41) is 4.21. The molecule has 8 heteroatoms. The molecular formula is C22H20F2N2O4. The van der Waals surface area contributed by atoms with Crippen LogP contribution >= 0.6 is 0 Å². The number of carbonyl (C=O) groups excluding carboxylic acids is 1. The average Bonchev–Trinajstić information content (AvgIpc) is 3.24. The van der Waals surface area contributed by atoms with Gasteiger partial charge in [0.15, 0.2) is 6.10 Å². The summed E-state index contributed by atoms with van der Waals surface area (Å²) in [4.78, 5) is 12.0. The number of rotatable bonds is 6. The van der Waals surface area contributed by atoms with E-state index in [4.69, 9.17) is 14.2 Å². The molecule has 30 heavy (non-hydrogen) atoms. The number of alkyl halides is 2. The van der Waals surface area contributed by atoms with Gasteiger partial charge in [0.05, 0.1) is 32.0 Å². The molecule has 4 rings (SSSR count). The Morgan fingerprint density at radius 3 is 2.57 bits per heavy atom. The highest BCUT2D eigenvalue weighted by Gasteiger charge is 2.52. The average molecular weight is 414 g/mol. The molecule has 1 aromatic heterocycles. The maximum absolute atomic E-state index is 14.6. The minimum Gasteiger partial charge on any atom is -0.497 e. The molecule has 3 aromatic rings. The Morgan fingerprint density at radius 1 is 1.13 bits per heavy atom. The second-order valence-electron chi connectivity index (χ2n) is 7.01. The maximum Gasteiger partial charge on any atom is 0.509 e. The second-order valence-corrected chi connectivity index (χ2v) is 7.01. The van der Waals surface area contributed by atoms with E-state index in [1.54, 1.807) is 43.5 Å². The number of hydrogen-bond donors (Lipinski definition) is 0. The third-order valence-electron chi connectivity index (χ3n) is 4.96. The van der Waals surface area contributed by atoms with Gasteiger partial charge < -0.3 is 14.2 Å². The van der Waals surface area contributed by atoms with E-state index < -0.39 is 24.6 Å². The summed E-state index contributed by atoms with van der Waals surface area (Å²) in [6.45, 7) is 0.266. The van der Waals surface area contributed by atoms with Crippen molar-refractivity contribution in [2.75, 3.05) is 7.11 Å². The van der Waals surface area contributed by atoms with Gasteiger partial charge in [-0.2, -0.15) is 5.10 Å². The molecule has 2 aromatic carbocycles. The number of halogens is 2. The van der Waals surface area contributed by atoms with Crippen LogP contribution in [0.5, 0.6) is 5.75 Å². The molecule has 1 atom stereocenters. The van der Waals surface area contributed by atoms with Crippen LogP contribution in [0.3, 0.4) is 0 Å². The summed E-state index contributed by atoms with van der Waals surface area (Å²) in [5.74, 6) is -2.53. The highest BCUT2D eigenvalue weighted by atomic mass is 19.3. The van der Waals surface area contributed by atoms with Crippen LogP contribution in [0.4, 0.5) is 13.6 Å². The predicted molar refractivity (Wildman–Crippen MR) is 103 cm³/mol. The van der Waals surface area contributed by atoms with Crippen molar-refractivity contribution in [3.8, 4) is 5.75 Å². The highest BCUT2D eigenvalue weighted by molar-refractivity contribution is 5.61.